The second-order valence-electron chi connectivity index (χ2n) is 6.30. The highest BCUT2D eigenvalue weighted by atomic mass is 35.5. The standard InChI is InChI=1S/C16H27ClN2O/c1-12(2)9-18-10-13-7-6-8-14(17)15(13)19(5)16(3,4)11-20/h6-8,12,18,20H,9-11H2,1-5H3. The second-order valence-corrected chi connectivity index (χ2v) is 6.71. The third-order valence-electron chi connectivity index (χ3n) is 3.57. The Morgan fingerprint density at radius 3 is 2.55 bits per heavy atom. The number of nitrogens with zero attached hydrogens (tertiary/aromatic N) is 1. The maximum Gasteiger partial charge on any atom is 0.0658 e. The molecule has 0 amide bonds. The first-order valence-corrected chi connectivity index (χ1v) is 7.50. The van der Waals surface area contributed by atoms with E-state index in [1.54, 1.807) is 0 Å². The Labute approximate surface area is 127 Å². The number of para-hydroxylation sites is 1. The topological polar surface area (TPSA) is 35.5 Å². The number of aliphatic hydroxyl groups is 1. The molecule has 0 saturated heterocycles. The zero-order valence-electron chi connectivity index (χ0n) is 13.2. The molecule has 3 nitrogen and oxygen atoms in total. The third kappa shape index (κ3) is 4.37. The maximum atomic E-state index is 9.56. The highest BCUT2D eigenvalue weighted by Crippen LogP contribution is 2.33. The highest BCUT2D eigenvalue weighted by molar-refractivity contribution is 6.33. The van der Waals surface area contributed by atoms with Gasteiger partial charge in [0, 0.05) is 13.6 Å². The maximum absolute atomic E-state index is 9.56. The van der Waals surface area contributed by atoms with E-state index in [4.69, 9.17) is 11.6 Å². The fraction of sp³-hybridized carbons (Fsp3) is 0.625. The molecule has 0 unspecified atom stereocenters. The number of likely N-dealkylation sites (N-methyl/N-ethyl adjacent to an activating group) is 1. The van der Waals surface area contributed by atoms with Crippen molar-refractivity contribution in [1.82, 2.24) is 5.32 Å². The first kappa shape index (κ1) is 17.3. The lowest BCUT2D eigenvalue weighted by molar-refractivity contribution is 0.216. The Morgan fingerprint density at radius 2 is 2.00 bits per heavy atom. The quantitative estimate of drug-likeness (QED) is 0.811. The number of hydrogen-bond acceptors (Lipinski definition) is 3. The van der Waals surface area contributed by atoms with Gasteiger partial charge in [0.15, 0.2) is 0 Å². The Hall–Kier alpha value is -0.770. The van der Waals surface area contributed by atoms with Gasteiger partial charge in [-0.2, -0.15) is 0 Å². The molecular weight excluding hydrogens is 272 g/mol. The van der Waals surface area contributed by atoms with Crippen molar-refractivity contribution in [1.29, 1.82) is 0 Å². The van der Waals surface area contributed by atoms with Crippen LogP contribution >= 0.6 is 11.6 Å². The number of benzene rings is 1. The molecule has 0 radical (unpaired) electrons. The third-order valence-corrected chi connectivity index (χ3v) is 3.87. The number of aliphatic hydroxyl groups excluding tert-OH is 1. The molecule has 1 aromatic carbocycles. The van der Waals surface area contributed by atoms with Gasteiger partial charge in [-0.3, -0.25) is 0 Å². The molecule has 4 heteroatoms. The molecule has 0 bridgehead atoms. The number of hydrogen-bond donors (Lipinski definition) is 2. The van der Waals surface area contributed by atoms with Crippen molar-refractivity contribution in [3.8, 4) is 0 Å². The summed E-state index contributed by atoms with van der Waals surface area (Å²) in [5.74, 6) is 0.615. The summed E-state index contributed by atoms with van der Waals surface area (Å²) in [6.07, 6.45) is 0. The molecule has 2 N–H and O–H groups in total. The molecule has 0 heterocycles. The number of nitrogens with one attached hydrogen (secondary N) is 1. The monoisotopic (exact) mass is 298 g/mol. The molecule has 1 rings (SSSR count). The second kappa shape index (κ2) is 7.30. The molecule has 114 valence electrons. The van der Waals surface area contributed by atoms with Crippen molar-refractivity contribution < 1.29 is 5.11 Å². The van der Waals surface area contributed by atoms with Crippen LogP contribution in [0.5, 0.6) is 0 Å². The van der Waals surface area contributed by atoms with Crippen LogP contribution in [-0.2, 0) is 6.54 Å². The number of anilines is 1. The van der Waals surface area contributed by atoms with Crippen LogP contribution in [0.2, 0.25) is 5.02 Å². The lowest BCUT2D eigenvalue weighted by Gasteiger charge is -2.37. The van der Waals surface area contributed by atoms with Crippen LogP contribution < -0.4 is 10.2 Å². The van der Waals surface area contributed by atoms with Gasteiger partial charge in [0.1, 0.15) is 0 Å². The van der Waals surface area contributed by atoms with Gasteiger partial charge in [-0.15, -0.1) is 0 Å². The van der Waals surface area contributed by atoms with E-state index in [1.807, 2.05) is 33.0 Å². The minimum absolute atomic E-state index is 0.0770. The molecule has 0 aromatic heterocycles. The van der Waals surface area contributed by atoms with E-state index >= 15 is 0 Å². The Bertz CT molecular complexity index is 432. The summed E-state index contributed by atoms with van der Waals surface area (Å²) >= 11 is 6.38. The van der Waals surface area contributed by atoms with E-state index in [2.05, 4.69) is 30.1 Å². The van der Waals surface area contributed by atoms with Crippen LogP contribution in [-0.4, -0.2) is 30.8 Å². The van der Waals surface area contributed by atoms with E-state index in [0.29, 0.717) is 5.92 Å². The molecule has 0 fully saturated rings. The molecular formula is C16H27ClN2O. The van der Waals surface area contributed by atoms with E-state index in [0.717, 1.165) is 29.4 Å². The molecule has 0 aliphatic heterocycles. The van der Waals surface area contributed by atoms with Crippen LogP contribution in [0.4, 0.5) is 5.69 Å². The summed E-state index contributed by atoms with van der Waals surface area (Å²) in [7, 11) is 1.98. The van der Waals surface area contributed by atoms with Crippen molar-refractivity contribution in [3.05, 3.63) is 28.8 Å². The fourth-order valence-corrected chi connectivity index (χ4v) is 2.30. The van der Waals surface area contributed by atoms with Crippen molar-refractivity contribution in [3.63, 3.8) is 0 Å². The van der Waals surface area contributed by atoms with Crippen LogP contribution in [0.25, 0.3) is 0 Å². The molecule has 20 heavy (non-hydrogen) atoms. The molecule has 0 aliphatic carbocycles. The predicted molar refractivity (Wildman–Crippen MR) is 87.6 cm³/mol. The van der Waals surface area contributed by atoms with Crippen LogP contribution in [0.15, 0.2) is 18.2 Å². The zero-order chi connectivity index (χ0) is 15.3. The Morgan fingerprint density at radius 1 is 1.35 bits per heavy atom. The Kier molecular flexibility index (Phi) is 6.31. The van der Waals surface area contributed by atoms with Gasteiger partial charge >= 0.3 is 0 Å². The summed E-state index contributed by atoms with van der Waals surface area (Å²) in [4.78, 5) is 2.06. The fourth-order valence-electron chi connectivity index (χ4n) is 1.98. The zero-order valence-corrected chi connectivity index (χ0v) is 14.0. The highest BCUT2D eigenvalue weighted by Gasteiger charge is 2.26. The number of rotatable bonds is 7. The first-order valence-electron chi connectivity index (χ1n) is 7.12. The Balaban J connectivity index is 2.99. The lowest BCUT2D eigenvalue weighted by atomic mass is 10.0. The van der Waals surface area contributed by atoms with Gasteiger partial charge in [-0.05, 0) is 37.9 Å². The van der Waals surface area contributed by atoms with Gasteiger partial charge in [0.05, 0.1) is 22.9 Å². The van der Waals surface area contributed by atoms with Crippen molar-refractivity contribution in [2.24, 2.45) is 5.92 Å². The van der Waals surface area contributed by atoms with Crippen LogP contribution in [0.1, 0.15) is 33.3 Å². The minimum atomic E-state index is -0.349. The summed E-state index contributed by atoms with van der Waals surface area (Å²) in [5.41, 5.74) is 1.80. The molecule has 0 spiro atoms. The molecule has 0 saturated carbocycles. The molecule has 0 aliphatic rings. The van der Waals surface area contributed by atoms with Gasteiger partial charge < -0.3 is 15.3 Å². The summed E-state index contributed by atoms with van der Waals surface area (Å²) in [6.45, 7) is 10.2. The van der Waals surface area contributed by atoms with Gasteiger partial charge in [-0.1, -0.05) is 37.6 Å². The minimum Gasteiger partial charge on any atom is -0.394 e. The lowest BCUT2D eigenvalue weighted by Crippen LogP contribution is -2.45. The predicted octanol–water partition coefficient (Wildman–Crippen LogP) is 3.29. The largest absolute Gasteiger partial charge is 0.394 e. The van der Waals surface area contributed by atoms with E-state index in [9.17, 15) is 5.11 Å². The normalized spacial score (nSPS) is 12.0. The van der Waals surface area contributed by atoms with Crippen LogP contribution in [0, 0.1) is 5.92 Å². The van der Waals surface area contributed by atoms with Crippen molar-refractivity contribution in [2.75, 3.05) is 25.1 Å². The van der Waals surface area contributed by atoms with Crippen molar-refractivity contribution >= 4 is 17.3 Å². The van der Waals surface area contributed by atoms with Gasteiger partial charge in [0.2, 0.25) is 0 Å². The molecule has 0 atom stereocenters. The smallest absolute Gasteiger partial charge is 0.0658 e. The summed E-state index contributed by atoms with van der Waals surface area (Å²) < 4.78 is 0. The average Bonchev–Trinajstić information content (AvgIpc) is 2.37. The van der Waals surface area contributed by atoms with E-state index in [-0.39, 0.29) is 12.1 Å². The first-order chi connectivity index (χ1) is 9.29. The molecule has 1 aromatic rings. The number of halogens is 1. The van der Waals surface area contributed by atoms with Gasteiger partial charge in [-0.25, -0.2) is 0 Å². The summed E-state index contributed by atoms with van der Waals surface area (Å²) in [6, 6.07) is 5.95. The van der Waals surface area contributed by atoms with E-state index < -0.39 is 0 Å². The average molecular weight is 299 g/mol. The van der Waals surface area contributed by atoms with Crippen molar-refractivity contribution in [2.45, 2.75) is 39.8 Å². The van der Waals surface area contributed by atoms with Crippen LogP contribution in [0.3, 0.4) is 0 Å². The summed E-state index contributed by atoms with van der Waals surface area (Å²) in [5, 5.41) is 13.7. The van der Waals surface area contributed by atoms with E-state index in [1.165, 1.54) is 0 Å². The van der Waals surface area contributed by atoms with Gasteiger partial charge in [0.25, 0.3) is 0 Å². The SMILES string of the molecule is CC(C)CNCc1cccc(Cl)c1N(C)C(C)(C)CO.